The lowest BCUT2D eigenvalue weighted by Crippen LogP contribution is -2.33. The van der Waals surface area contributed by atoms with Gasteiger partial charge >= 0.3 is 0 Å². The van der Waals surface area contributed by atoms with Gasteiger partial charge in [-0.2, -0.15) is 0 Å². The van der Waals surface area contributed by atoms with Crippen LogP contribution in [-0.4, -0.2) is 5.92 Å². The third-order valence-electron chi connectivity index (χ3n) is 3.90. The van der Waals surface area contributed by atoms with Crippen LogP contribution in [-0.2, 0) is 0 Å². The van der Waals surface area contributed by atoms with Crippen LogP contribution >= 0.6 is 11.6 Å². The van der Waals surface area contributed by atoms with E-state index >= 15 is 0 Å². The van der Waals surface area contributed by atoms with Gasteiger partial charge in [0.15, 0.2) is 0 Å². The predicted octanol–water partition coefficient (Wildman–Crippen LogP) is 4.03. The molecule has 1 heterocycles. The summed E-state index contributed by atoms with van der Waals surface area (Å²) in [6.45, 7) is 0. The van der Waals surface area contributed by atoms with Gasteiger partial charge < -0.3 is 4.42 Å². The second-order valence-corrected chi connectivity index (χ2v) is 5.77. The van der Waals surface area contributed by atoms with Crippen molar-refractivity contribution in [2.75, 3.05) is 0 Å². The summed E-state index contributed by atoms with van der Waals surface area (Å²) in [4.78, 5) is 0. The Labute approximate surface area is 120 Å². The molecule has 1 saturated carbocycles. The number of hydrogen-bond donors (Lipinski definition) is 2. The molecule has 1 aliphatic carbocycles. The van der Waals surface area contributed by atoms with E-state index in [1.807, 2.05) is 6.07 Å². The molecule has 0 amide bonds. The average molecular weight is 301 g/mol. The third-order valence-corrected chi connectivity index (χ3v) is 4.13. The number of rotatable bonds is 3. The standard InChI is InChI=1S/C14H15ClF2N2O/c15-10-1-2-11-9(5-10)6-12(20-11)13(19-18)8-3-4-14(16,17)7-8/h1-2,5-6,8,13,19H,3-4,7,18H2. The van der Waals surface area contributed by atoms with Crippen LogP contribution in [0.25, 0.3) is 11.0 Å². The molecule has 1 aromatic heterocycles. The molecule has 0 radical (unpaired) electrons. The van der Waals surface area contributed by atoms with Crippen molar-refractivity contribution < 1.29 is 13.2 Å². The van der Waals surface area contributed by atoms with Crippen LogP contribution in [0.1, 0.15) is 31.1 Å². The van der Waals surface area contributed by atoms with Crippen LogP contribution in [0.2, 0.25) is 5.02 Å². The maximum absolute atomic E-state index is 13.3. The highest BCUT2D eigenvalue weighted by molar-refractivity contribution is 6.31. The van der Waals surface area contributed by atoms with E-state index in [4.69, 9.17) is 21.9 Å². The molecule has 2 unspecified atom stereocenters. The fraction of sp³-hybridized carbons (Fsp3) is 0.429. The first-order valence-corrected chi connectivity index (χ1v) is 6.89. The second-order valence-electron chi connectivity index (χ2n) is 5.33. The van der Waals surface area contributed by atoms with E-state index in [0.717, 1.165) is 5.39 Å². The first-order valence-electron chi connectivity index (χ1n) is 6.51. The smallest absolute Gasteiger partial charge is 0.248 e. The Kier molecular flexibility index (Phi) is 3.44. The predicted molar refractivity (Wildman–Crippen MR) is 73.6 cm³/mol. The fourth-order valence-electron chi connectivity index (χ4n) is 2.91. The number of benzene rings is 1. The maximum atomic E-state index is 13.3. The minimum atomic E-state index is -2.60. The number of alkyl halides is 2. The summed E-state index contributed by atoms with van der Waals surface area (Å²) in [6, 6.07) is 6.67. The molecule has 1 fully saturated rings. The van der Waals surface area contributed by atoms with E-state index in [9.17, 15) is 8.78 Å². The number of hydrazine groups is 1. The molecule has 1 aliphatic rings. The second kappa shape index (κ2) is 4.98. The summed E-state index contributed by atoms with van der Waals surface area (Å²) >= 11 is 5.92. The van der Waals surface area contributed by atoms with Crippen molar-refractivity contribution in [3.05, 3.63) is 35.0 Å². The molecule has 0 spiro atoms. The van der Waals surface area contributed by atoms with Crippen LogP contribution < -0.4 is 11.3 Å². The summed E-state index contributed by atoms with van der Waals surface area (Å²) < 4.78 is 32.4. The molecule has 20 heavy (non-hydrogen) atoms. The molecule has 3 N–H and O–H groups in total. The molecular weight excluding hydrogens is 286 g/mol. The number of hydrogen-bond acceptors (Lipinski definition) is 3. The minimum Gasteiger partial charge on any atom is -0.459 e. The topological polar surface area (TPSA) is 51.2 Å². The van der Waals surface area contributed by atoms with Crippen molar-refractivity contribution in [1.29, 1.82) is 0 Å². The van der Waals surface area contributed by atoms with Crippen LogP contribution in [0.3, 0.4) is 0 Å². The Morgan fingerprint density at radius 2 is 2.20 bits per heavy atom. The Hall–Kier alpha value is -1.17. The fourth-order valence-corrected chi connectivity index (χ4v) is 3.09. The Morgan fingerprint density at radius 1 is 1.40 bits per heavy atom. The number of fused-ring (bicyclic) bond motifs is 1. The molecule has 0 bridgehead atoms. The molecule has 1 aromatic carbocycles. The maximum Gasteiger partial charge on any atom is 0.248 e. The first kappa shape index (κ1) is 13.8. The molecule has 3 rings (SSSR count). The molecule has 3 nitrogen and oxygen atoms in total. The van der Waals surface area contributed by atoms with E-state index < -0.39 is 12.0 Å². The lowest BCUT2D eigenvalue weighted by molar-refractivity contribution is 0.00294. The summed E-state index contributed by atoms with van der Waals surface area (Å²) in [7, 11) is 0. The summed E-state index contributed by atoms with van der Waals surface area (Å²) in [6.07, 6.45) is 0.168. The first-order chi connectivity index (χ1) is 9.48. The Bertz CT molecular complexity index is 629. The molecule has 0 saturated heterocycles. The van der Waals surface area contributed by atoms with Gasteiger partial charge in [-0.25, -0.2) is 14.2 Å². The highest BCUT2D eigenvalue weighted by Gasteiger charge is 2.43. The van der Waals surface area contributed by atoms with Gasteiger partial charge in [0.25, 0.3) is 0 Å². The van der Waals surface area contributed by atoms with Gasteiger partial charge in [0, 0.05) is 23.3 Å². The van der Waals surface area contributed by atoms with E-state index in [1.165, 1.54) is 0 Å². The van der Waals surface area contributed by atoms with E-state index in [1.54, 1.807) is 18.2 Å². The SMILES string of the molecule is NNC(c1cc2cc(Cl)ccc2o1)C1CCC(F)(F)C1. The summed E-state index contributed by atoms with van der Waals surface area (Å²) in [5.74, 6) is 3.29. The Morgan fingerprint density at radius 3 is 2.85 bits per heavy atom. The Balaban J connectivity index is 1.91. The average Bonchev–Trinajstić information content (AvgIpc) is 2.93. The van der Waals surface area contributed by atoms with Crippen molar-refractivity contribution in [2.45, 2.75) is 31.2 Å². The zero-order chi connectivity index (χ0) is 14.3. The van der Waals surface area contributed by atoms with Crippen LogP contribution in [0, 0.1) is 5.92 Å². The highest BCUT2D eigenvalue weighted by Crippen LogP contribution is 2.44. The van der Waals surface area contributed by atoms with Gasteiger partial charge in [-0.3, -0.25) is 5.84 Å². The molecule has 0 aliphatic heterocycles. The zero-order valence-electron chi connectivity index (χ0n) is 10.7. The van der Waals surface area contributed by atoms with E-state index in [2.05, 4.69) is 5.43 Å². The highest BCUT2D eigenvalue weighted by atomic mass is 35.5. The molecule has 6 heteroatoms. The van der Waals surface area contributed by atoms with Crippen LogP contribution in [0.15, 0.2) is 28.7 Å². The molecular formula is C14H15ClF2N2O. The molecule has 2 aromatic rings. The van der Waals surface area contributed by atoms with Gasteiger partial charge in [0.05, 0.1) is 6.04 Å². The van der Waals surface area contributed by atoms with Gasteiger partial charge in [-0.05, 0) is 36.6 Å². The summed E-state index contributed by atoms with van der Waals surface area (Å²) in [5, 5.41) is 1.45. The van der Waals surface area contributed by atoms with Crippen molar-refractivity contribution in [3.8, 4) is 0 Å². The molecule has 2 atom stereocenters. The summed E-state index contributed by atoms with van der Waals surface area (Å²) in [5.41, 5.74) is 3.29. The minimum absolute atomic E-state index is 0.0953. The monoisotopic (exact) mass is 300 g/mol. The van der Waals surface area contributed by atoms with Crippen molar-refractivity contribution >= 4 is 22.6 Å². The third kappa shape index (κ3) is 2.53. The zero-order valence-corrected chi connectivity index (χ0v) is 11.5. The molecule has 108 valence electrons. The van der Waals surface area contributed by atoms with Crippen LogP contribution in [0.5, 0.6) is 0 Å². The number of furan rings is 1. The number of nitrogens with one attached hydrogen (secondary N) is 1. The largest absolute Gasteiger partial charge is 0.459 e. The van der Waals surface area contributed by atoms with Crippen molar-refractivity contribution in [1.82, 2.24) is 5.43 Å². The van der Waals surface area contributed by atoms with Gasteiger partial charge in [-0.1, -0.05) is 11.6 Å². The number of halogens is 3. The van der Waals surface area contributed by atoms with Crippen molar-refractivity contribution in [3.63, 3.8) is 0 Å². The number of nitrogens with two attached hydrogens (primary N) is 1. The van der Waals surface area contributed by atoms with E-state index in [-0.39, 0.29) is 18.8 Å². The van der Waals surface area contributed by atoms with Crippen LogP contribution in [0.4, 0.5) is 8.78 Å². The quantitative estimate of drug-likeness (QED) is 0.665. The normalized spacial score (nSPS) is 23.3. The lowest BCUT2D eigenvalue weighted by atomic mass is 9.96. The van der Waals surface area contributed by atoms with Crippen molar-refractivity contribution in [2.24, 2.45) is 11.8 Å². The van der Waals surface area contributed by atoms with Gasteiger partial charge in [0.2, 0.25) is 5.92 Å². The van der Waals surface area contributed by atoms with E-state index in [0.29, 0.717) is 22.8 Å². The van der Waals surface area contributed by atoms with Gasteiger partial charge in [0.1, 0.15) is 11.3 Å². The van der Waals surface area contributed by atoms with Gasteiger partial charge in [-0.15, -0.1) is 0 Å². The lowest BCUT2D eigenvalue weighted by Gasteiger charge is -2.20.